The van der Waals surface area contributed by atoms with Crippen LogP contribution >= 0.6 is 11.8 Å². The number of rotatable bonds is 8. The molecule has 0 spiro atoms. The predicted molar refractivity (Wildman–Crippen MR) is 140 cm³/mol. The van der Waals surface area contributed by atoms with E-state index in [2.05, 4.69) is 25.0 Å². The normalized spacial score (nSPS) is 14.7. The first-order valence-corrected chi connectivity index (χ1v) is 13.4. The maximum absolute atomic E-state index is 14.9. The number of nitrogens with zero attached hydrogens (tertiary/aromatic N) is 5. The Hall–Kier alpha value is -3.11. The number of fused-ring (bicyclic) bond motifs is 1. The molecule has 5 rings (SSSR count). The van der Waals surface area contributed by atoms with Gasteiger partial charge in [0.25, 0.3) is 0 Å². The van der Waals surface area contributed by atoms with Gasteiger partial charge in [0.05, 0.1) is 12.1 Å². The van der Waals surface area contributed by atoms with Gasteiger partial charge in [-0.15, -0.1) is 11.8 Å². The topological polar surface area (TPSA) is 77.2 Å². The molecule has 2 aromatic carbocycles. The third-order valence-electron chi connectivity index (χ3n) is 6.58. The van der Waals surface area contributed by atoms with Gasteiger partial charge in [-0.2, -0.15) is 4.98 Å². The van der Waals surface area contributed by atoms with E-state index in [0.717, 1.165) is 31.8 Å². The fraction of sp³-hybridized carbons (Fsp3) is 0.407. The van der Waals surface area contributed by atoms with Crippen molar-refractivity contribution in [1.29, 1.82) is 0 Å². The van der Waals surface area contributed by atoms with Gasteiger partial charge < -0.3 is 14.2 Å². The first-order chi connectivity index (χ1) is 17.9. The first kappa shape index (κ1) is 25.5. The molecule has 0 radical (unpaired) electrons. The van der Waals surface area contributed by atoms with E-state index < -0.39 is 5.82 Å². The number of hydrogen-bond acceptors (Lipinski definition) is 8. The molecule has 7 nitrogen and oxygen atoms in total. The molecule has 0 unspecified atom stereocenters. The van der Waals surface area contributed by atoms with Crippen molar-refractivity contribution in [2.24, 2.45) is 0 Å². The standard InChI is InChI=1S/C27H29F2N5O2S/c1-16(2)27-32-25(33-36-27)17-6-8-34(9-7-17)26-21-14-19(28)13-20(24(21)30-15-31-26)18-4-5-23(22(29)12-18)37-11-10-35-3/h4-5,12-17H,6-11H2,1-3H3. The van der Waals surface area contributed by atoms with Crippen molar-refractivity contribution in [2.45, 2.75) is 43.4 Å². The molecule has 1 saturated heterocycles. The number of aromatic nitrogens is 4. The maximum Gasteiger partial charge on any atom is 0.229 e. The fourth-order valence-corrected chi connectivity index (χ4v) is 5.44. The summed E-state index contributed by atoms with van der Waals surface area (Å²) in [6, 6.07) is 7.82. The van der Waals surface area contributed by atoms with Crippen molar-refractivity contribution < 1.29 is 18.0 Å². The van der Waals surface area contributed by atoms with Gasteiger partial charge in [0.15, 0.2) is 5.82 Å². The Kier molecular flexibility index (Phi) is 7.66. The number of hydrogen-bond donors (Lipinski definition) is 0. The van der Waals surface area contributed by atoms with Crippen molar-refractivity contribution in [3.63, 3.8) is 0 Å². The highest BCUT2D eigenvalue weighted by Crippen LogP contribution is 2.36. The van der Waals surface area contributed by atoms with E-state index in [1.807, 2.05) is 13.8 Å². The van der Waals surface area contributed by atoms with Gasteiger partial charge in [-0.25, -0.2) is 18.7 Å². The van der Waals surface area contributed by atoms with Gasteiger partial charge in [-0.05, 0) is 42.7 Å². The van der Waals surface area contributed by atoms with Crippen LogP contribution in [0.3, 0.4) is 0 Å². The first-order valence-electron chi connectivity index (χ1n) is 12.4. The van der Waals surface area contributed by atoms with E-state index >= 15 is 0 Å². The van der Waals surface area contributed by atoms with Crippen LogP contribution in [0, 0.1) is 11.6 Å². The molecular weight excluding hydrogens is 496 g/mol. The monoisotopic (exact) mass is 525 g/mol. The quantitative estimate of drug-likeness (QED) is 0.199. The van der Waals surface area contributed by atoms with Crippen LogP contribution in [-0.2, 0) is 4.74 Å². The average molecular weight is 526 g/mol. The Balaban J connectivity index is 1.41. The number of halogens is 2. The molecule has 194 valence electrons. The lowest BCUT2D eigenvalue weighted by Crippen LogP contribution is -2.34. The smallest absolute Gasteiger partial charge is 0.229 e. The zero-order valence-corrected chi connectivity index (χ0v) is 21.9. The highest BCUT2D eigenvalue weighted by molar-refractivity contribution is 7.99. The van der Waals surface area contributed by atoms with E-state index in [0.29, 0.717) is 51.0 Å². The summed E-state index contributed by atoms with van der Waals surface area (Å²) in [7, 11) is 1.61. The van der Waals surface area contributed by atoms with Crippen LogP contribution < -0.4 is 4.90 Å². The highest BCUT2D eigenvalue weighted by atomic mass is 32.2. The summed E-state index contributed by atoms with van der Waals surface area (Å²) >= 11 is 1.38. The van der Waals surface area contributed by atoms with Crippen LogP contribution in [0.2, 0.25) is 0 Å². The highest BCUT2D eigenvalue weighted by Gasteiger charge is 2.27. The molecule has 0 N–H and O–H groups in total. The zero-order chi connectivity index (χ0) is 25.9. The van der Waals surface area contributed by atoms with Crippen LogP contribution in [0.25, 0.3) is 22.0 Å². The summed E-state index contributed by atoms with van der Waals surface area (Å²) < 4.78 is 40.1. The maximum atomic E-state index is 14.9. The molecule has 3 heterocycles. The van der Waals surface area contributed by atoms with Crippen molar-refractivity contribution in [3.8, 4) is 11.1 Å². The van der Waals surface area contributed by atoms with Crippen molar-refractivity contribution in [2.75, 3.05) is 37.5 Å². The molecule has 0 bridgehead atoms. The zero-order valence-electron chi connectivity index (χ0n) is 21.1. The summed E-state index contributed by atoms with van der Waals surface area (Å²) in [5.74, 6) is 2.35. The molecule has 0 amide bonds. The SMILES string of the molecule is COCCSc1ccc(-c2cc(F)cc3c(N4CCC(c5noc(C(C)C)n5)CC4)ncnc23)cc1F. The third kappa shape index (κ3) is 5.45. The number of ether oxygens (including phenoxy) is 1. The predicted octanol–water partition coefficient (Wildman–Crippen LogP) is 6.20. The van der Waals surface area contributed by atoms with Gasteiger partial charge >= 0.3 is 0 Å². The molecule has 0 atom stereocenters. The number of piperidine rings is 1. The number of anilines is 1. The Morgan fingerprint density at radius 3 is 2.65 bits per heavy atom. The van der Waals surface area contributed by atoms with Gasteiger partial charge in [0, 0.05) is 53.6 Å². The fourth-order valence-electron chi connectivity index (χ4n) is 4.61. The van der Waals surface area contributed by atoms with E-state index in [9.17, 15) is 8.78 Å². The van der Waals surface area contributed by atoms with Crippen molar-refractivity contribution in [1.82, 2.24) is 20.1 Å². The van der Waals surface area contributed by atoms with E-state index in [1.54, 1.807) is 19.2 Å². The van der Waals surface area contributed by atoms with Crippen LogP contribution in [-0.4, -0.2) is 52.7 Å². The lowest BCUT2D eigenvalue weighted by Gasteiger charge is -2.32. The van der Waals surface area contributed by atoms with Gasteiger partial charge in [0.1, 0.15) is 23.8 Å². The van der Waals surface area contributed by atoms with Crippen LogP contribution in [0.4, 0.5) is 14.6 Å². The minimum absolute atomic E-state index is 0.192. The Morgan fingerprint density at radius 1 is 1.14 bits per heavy atom. The van der Waals surface area contributed by atoms with Crippen molar-refractivity contribution in [3.05, 3.63) is 60.0 Å². The molecule has 4 aromatic rings. The molecule has 1 aliphatic heterocycles. The molecule has 1 fully saturated rings. The molecule has 37 heavy (non-hydrogen) atoms. The number of methoxy groups -OCH3 is 1. The molecule has 0 aliphatic carbocycles. The summed E-state index contributed by atoms with van der Waals surface area (Å²) in [6.45, 7) is 6.02. The number of benzene rings is 2. The van der Waals surface area contributed by atoms with E-state index in [-0.39, 0.29) is 17.7 Å². The second kappa shape index (κ2) is 11.1. The van der Waals surface area contributed by atoms with Gasteiger partial charge in [0.2, 0.25) is 5.89 Å². The minimum atomic E-state index is -0.416. The minimum Gasteiger partial charge on any atom is -0.384 e. The molecule has 10 heteroatoms. The Labute approximate surface area is 218 Å². The second-order valence-corrected chi connectivity index (χ2v) is 10.6. The largest absolute Gasteiger partial charge is 0.384 e. The van der Waals surface area contributed by atoms with Crippen LogP contribution in [0.15, 0.2) is 46.1 Å². The van der Waals surface area contributed by atoms with E-state index in [4.69, 9.17) is 9.26 Å². The summed E-state index contributed by atoms with van der Waals surface area (Å²) in [5, 5.41) is 4.79. The van der Waals surface area contributed by atoms with Crippen molar-refractivity contribution >= 4 is 28.5 Å². The van der Waals surface area contributed by atoms with Crippen LogP contribution in [0.5, 0.6) is 0 Å². The lowest BCUT2D eigenvalue weighted by molar-refractivity contribution is 0.218. The van der Waals surface area contributed by atoms with Gasteiger partial charge in [-0.3, -0.25) is 0 Å². The molecule has 0 saturated carbocycles. The molecule has 2 aromatic heterocycles. The van der Waals surface area contributed by atoms with E-state index in [1.165, 1.54) is 36.3 Å². The number of thioether (sulfide) groups is 1. The summed E-state index contributed by atoms with van der Waals surface area (Å²) in [6.07, 6.45) is 3.15. The van der Waals surface area contributed by atoms with Crippen LogP contribution in [0.1, 0.15) is 50.2 Å². The Morgan fingerprint density at radius 2 is 1.95 bits per heavy atom. The summed E-state index contributed by atoms with van der Waals surface area (Å²) in [4.78, 5) is 16.2. The average Bonchev–Trinajstić information content (AvgIpc) is 3.40. The molecular formula is C27H29F2N5O2S. The summed E-state index contributed by atoms with van der Waals surface area (Å²) in [5.41, 5.74) is 1.70. The Bertz CT molecular complexity index is 1390. The van der Waals surface area contributed by atoms with Gasteiger partial charge in [-0.1, -0.05) is 25.1 Å². The lowest BCUT2D eigenvalue weighted by atomic mass is 9.95. The molecule has 1 aliphatic rings. The second-order valence-electron chi connectivity index (χ2n) is 9.44. The third-order valence-corrected chi connectivity index (χ3v) is 7.59.